The highest BCUT2D eigenvalue weighted by atomic mass is 32.1. The third kappa shape index (κ3) is 1.98. The molecule has 0 spiro atoms. The number of aromatic nitrogens is 3. The molecular weight excluding hydrogens is 248 g/mol. The molecule has 0 fully saturated rings. The maximum Gasteiger partial charge on any atom is 0.277 e. The van der Waals surface area contributed by atoms with Gasteiger partial charge in [0, 0.05) is 5.69 Å². The van der Waals surface area contributed by atoms with Crippen LogP contribution in [-0.2, 0) is 0 Å². The number of para-hydroxylation sites is 1. The van der Waals surface area contributed by atoms with E-state index in [0.717, 1.165) is 15.9 Å². The second-order valence-corrected chi connectivity index (χ2v) is 4.91. The van der Waals surface area contributed by atoms with Gasteiger partial charge < -0.3 is 0 Å². The van der Waals surface area contributed by atoms with Crippen molar-refractivity contribution >= 4 is 32.6 Å². The Labute approximate surface area is 107 Å². The zero-order valence-corrected chi connectivity index (χ0v) is 10.4. The number of nitrogens with zero attached hydrogens (tertiary/aromatic N) is 2. The lowest BCUT2D eigenvalue weighted by Crippen LogP contribution is -2.11. The number of aromatic amines is 1. The molecular formula is C12H10N4OS. The van der Waals surface area contributed by atoms with Gasteiger partial charge in [0.1, 0.15) is 0 Å². The molecule has 2 aromatic heterocycles. The minimum absolute atomic E-state index is 0.251. The van der Waals surface area contributed by atoms with Crippen LogP contribution in [0.5, 0.6) is 0 Å². The number of hydrogen-bond acceptors (Lipinski definition) is 4. The maximum atomic E-state index is 11.9. The van der Waals surface area contributed by atoms with E-state index in [1.54, 1.807) is 6.07 Å². The third-order valence-corrected chi connectivity index (χ3v) is 3.40. The van der Waals surface area contributed by atoms with Crippen LogP contribution < -0.4 is 5.32 Å². The molecule has 2 N–H and O–H groups in total. The topological polar surface area (TPSA) is 70.7 Å². The summed E-state index contributed by atoms with van der Waals surface area (Å²) in [5, 5.41) is 9.97. The van der Waals surface area contributed by atoms with Crippen molar-refractivity contribution in [2.45, 2.75) is 6.92 Å². The van der Waals surface area contributed by atoms with Crippen molar-refractivity contribution in [3.8, 4) is 0 Å². The van der Waals surface area contributed by atoms with Crippen LogP contribution >= 0.6 is 11.3 Å². The highest BCUT2D eigenvalue weighted by molar-refractivity contribution is 7.22. The molecule has 6 heteroatoms. The Balaban J connectivity index is 1.86. The van der Waals surface area contributed by atoms with E-state index in [4.69, 9.17) is 0 Å². The van der Waals surface area contributed by atoms with Crippen LogP contribution in [0.25, 0.3) is 10.2 Å². The largest absolute Gasteiger partial charge is 0.296 e. The lowest BCUT2D eigenvalue weighted by molar-refractivity contribution is 0.102. The van der Waals surface area contributed by atoms with Crippen molar-refractivity contribution in [2.75, 3.05) is 5.32 Å². The second-order valence-electron chi connectivity index (χ2n) is 3.88. The summed E-state index contributed by atoms with van der Waals surface area (Å²) in [6.45, 7) is 1.85. The summed E-state index contributed by atoms with van der Waals surface area (Å²) in [5.74, 6) is -0.251. The van der Waals surface area contributed by atoms with Crippen molar-refractivity contribution in [1.29, 1.82) is 0 Å². The molecule has 0 saturated heterocycles. The molecule has 0 bridgehead atoms. The van der Waals surface area contributed by atoms with Gasteiger partial charge in [0.25, 0.3) is 5.91 Å². The van der Waals surface area contributed by atoms with Crippen LogP contribution in [0.15, 0.2) is 30.3 Å². The van der Waals surface area contributed by atoms with E-state index >= 15 is 0 Å². The van der Waals surface area contributed by atoms with E-state index in [1.165, 1.54) is 11.3 Å². The number of carbonyl (C=O) groups excluding carboxylic acids is 1. The molecule has 0 unspecified atom stereocenters. The lowest BCUT2D eigenvalue weighted by atomic mass is 10.3. The predicted molar refractivity (Wildman–Crippen MR) is 70.9 cm³/mol. The Morgan fingerprint density at radius 3 is 2.94 bits per heavy atom. The Bertz CT molecular complexity index is 683. The van der Waals surface area contributed by atoms with Gasteiger partial charge in [0.2, 0.25) is 0 Å². The summed E-state index contributed by atoms with van der Waals surface area (Å²) in [4.78, 5) is 16.2. The molecule has 3 rings (SSSR count). The van der Waals surface area contributed by atoms with Gasteiger partial charge in [-0.15, -0.1) is 0 Å². The first-order valence-electron chi connectivity index (χ1n) is 5.41. The molecule has 0 saturated carbocycles. The Morgan fingerprint density at radius 1 is 1.39 bits per heavy atom. The standard InChI is InChI=1S/C12H10N4OS/c1-7-6-9(16-15-7)11(17)14-12-13-8-4-2-3-5-10(8)18-12/h2-6H,1H3,(H,15,16)(H,13,14,17). The SMILES string of the molecule is Cc1cc(C(=O)Nc2nc3ccccc3s2)n[nH]1. The monoisotopic (exact) mass is 258 g/mol. The maximum absolute atomic E-state index is 11.9. The van der Waals surface area contributed by atoms with Crippen LogP contribution in [-0.4, -0.2) is 21.1 Å². The number of hydrogen-bond donors (Lipinski definition) is 2. The first-order valence-corrected chi connectivity index (χ1v) is 6.23. The van der Waals surface area contributed by atoms with Crippen LogP contribution in [0.2, 0.25) is 0 Å². The second kappa shape index (κ2) is 4.23. The minimum atomic E-state index is -0.251. The summed E-state index contributed by atoms with van der Waals surface area (Å²) >= 11 is 1.45. The highest BCUT2D eigenvalue weighted by Gasteiger charge is 2.12. The van der Waals surface area contributed by atoms with Crippen molar-refractivity contribution in [1.82, 2.24) is 15.2 Å². The molecule has 1 amide bonds. The average molecular weight is 258 g/mol. The molecule has 0 atom stereocenters. The van der Waals surface area contributed by atoms with E-state index < -0.39 is 0 Å². The number of benzene rings is 1. The summed E-state index contributed by atoms with van der Waals surface area (Å²) in [7, 11) is 0. The number of H-pyrrole nitrogens is 1. The molecule has 0 aliphatic heterocycles. The number of rotatable bonds is 2. The Kier molecular flexibility index (Phi) is 2.56. The van der Waals surface area contributed by atoms with Crippen LogP contribution in [0.3, 0.4) is 0 Å². The summed E-state index contributed by atoms with van der Waals surface area (Å²) in [6.07, 6.45) is 0. The first-order chi connectivity index (χ1) is 8.72. The van der Waals surface area contributed by atoms with Crippen molar-refractivity contribution in [2.24, 2.45) is 0 Å². The third-order valence-electron chi connectivity index (χ3n) is 2.45. The van der Waals surface area contributed by atoms with Gasteiger partial charge in [-0.3, -0.25) is 15.2 Å². The minimum Gasteiger partial charge on any atom is -0.296 e. The first kappa shape index (κ1) is 10.9. The normalized spacial score (nSPS) is 10.7. The van der Waals surface area contributed by atoms with Crippen molar-refractivity contribution in [3.05, 3.63) is 41.7 Å². The number of anilines is 1. The average Bonchev–Trinajstić information content (AvgIpc) is 2.94. The Hall–Kier alpha value is -2.21. The van der Waals surface area contributed by atoms with Gasteiger partial charge in [-0.25, -0.2) is 4.98 Å². The van der Waals surface area contributed by atoms with Crippen LogP contribution in [0.4, 0.5) is 5.13 Å². The van der Waals surface area contributed by atoms with Gasteiger partial charge in [-0.05, 0) is 25.1 Å². The molecule has 0 aliphatic rings. The van der Waals surface area contributed by atoms with Gasteiger partial charge in [0.05, 0.1) is 10.2 Å². The molecule has 2 heterocycles. The van der Waals surface area contributed by atoms with Crippen molar-refractivity contribution in [3.63, 3.8) is 0 Å². The molecule has 90 valence electrons. The fourth-order valence-corrected chi connectivity index (χ4v) is 2.48. The van der Waals surface area contributed by atoms with E-state index in [2.05, 4.69) is 20.5 Å². The number of amides is 1. The number of fused-ring (bicyclic) bond motifs is 1. The molecule has 1 aromatic carbocycles. The van der Waals surface area contributed by atoms with E-state index in [0.29, 0.717) is 10.8 Å². The molecule has 5 nitrogen and oxygen atoms in total. The van der Waals surface area contributed by atoms with Gasteiger partial charge in [-0.1, -0.05) is 23.5 Å². The van der Waals surface area contributed by atoms with Gasteiger partial charge in [-0.2, -0.15) is 5.10 Å². The molecule has 3 aromatic rings. The van der Waals surface area contributed by atoms with Gasteiger partial charge >= 0.3 is 0 Å². The van der Waals surface area contributed by atoms with Crippen LogP contribution in [0.1, 0.15) is 16.2 Å². The van der Waals surface area contributed by atoms with Crippen molar-refractivity contribution < 1.29 is 4.79 Å². The highest BCUT2D eigenvalue weighted by Crippen LogP contribution is 2.25. The van der Waals surface area contributed by atoms with Crippen LogP contribution in [0, 0.1) is 6.92 Å². The summed E-state index contributed by atoms with van der Waals surface area (Å²) < 4.78 is 1.05. The number of aryl methyl sites for hydroxylation is 1. The number of thiazole rings is 1. The number of nitrogens with one attached hydrogen (secondary N) is 2. The quantitative estimate of drug-likeness (QED) is 0.742. The zero-order valence-electron chi connectivity index (χ0n) is 9.60. The lowest BCUT2D eigenvalue weighted by Gasteiger charge is -1.95. The molecule has 0 aliphatic carbocycles. The number of carbonyl (C=O) groups is 1. The van der Waals surface area contributed by atoms with E-state index in [-0.39, 0.29) is 5.91 Å². The smallest absolute Gasteiger partial charge is 0.277 e. The summed E-state index contributed by atoms with van der Waals surface area (Å²) in [6, 6.07) is 9.46. The molecule has 0 radical (unpaired) electrons. The molecule has 18 heavy (non-hydrogen) atoms. The van der Waals surface area contributed by atoms with E-state index in [9.17, 15) is 4.79 Å². The van der Waals surface area contributed by atoms with Gasteiger partial charge in [0.15, 0.2) is 10.8 Å². The van der Waals surface area contributed by atoms with E-state index in [1.807, 2.05) is 31.2 Å². The Morgan fingerprint density at radius 2 is 2.22 bits per heavy atom. The summed E-state index contributed by atoms with van der Waals surface area (Å²) in [5.41, 5.74) is 2.10. The fourth-order valence-electron chi connectivity index (χ4n) is 1.62. The predicted octanol–water partition coefficient (Wildman–Crippen LogP) is 2.58. The fraction of sp³-hybridized carbons (Fsp3) is 0.0833. The zero-order chi connectivity index (χ0) is 12.5.